The van der Waals surface area contributed by atoms with Gasteiger partial charge in [-0.2, -0.15) is 5.10 Å². The number of hydrogen-bond donors (Lipinski definition) is 1. The van der Waals surface area contributed by atoms with E-state index in [0.717, 1.165) is 50.3 Å². The molecule has 1 aliphatic rings. The van der Waals surface area contributed by atoms with Gasteiger partial charge < -0.3 is 9.72 Å². The van der Waals surface area contributed by atoms with Crippen molar-refractivity contribution in [2.45, 2.75) is 19.4 Å². The molecule has 130 valence electrons. The van der Waals surface area contributed by atoms with Crippen molar-refractivity contribution >= 4 is 16.5 Å². The molecule has 0 atom stereocenters. The van der Waals surface area contributed by atoms with Crippen molar-refractivity contribution in [3.8, 4) is 5.75 Å². The fourth-order valence-electron chi connectivity index (χ4n) is 3.46. The molecule has 0 saturated heterocycles. The number of aromatic amines is 1. The number of fused-ring (bicyclic) bond motifs is 1. The average Bonchev–Trinajstić information content (AvgIpc) is 3.31. The molecule has 1 aromatic carbocycles. The highest BCUT2D eigenvalue weighted by atomic mass is 16.5. The number of aryl methyl sites for hydroxylation is 1. The Labute approximate surface area is 147 Å². The maximum Gasteiger partial charge on any atom is 0.137 e. The summed E-state index contributed by atoms with van der Waals surface area (Å²) in [6, 6.07) is 6.19. The van der Waals surface area contributed by atoms with E-state index in [-0.39, 0.29) is 0 Å². The number of rotatable bonds is 6. The van der Waals surface area contributed by atoms with Gasteiger partial charge in [0.05, 0.1) is 7.11 Å². The lowest BCUT2D eigenvalue weighted by molar-refractivity contribution is 0.289. The third kappa shape index (κ3) is 3.44. The molecule has 25 heavy (non-hydrogen) atoms. The zero-order chi connectivity index (χ0) is 17.1. The van der Waals surface area contributed by atoms with Gasteiger partial charge in [0.1, 0.15) is 18.4 Å². The second-order valence-electron chi connectivity index (χ2n) is 6.41. The van der Waals surface area contributed by atoms with E-state index in [2.05, 4.69) is 44.4 Å². The molecule has 3 aromatic rings. The van der Waals surface area contributed by atoms with Gasteiger partial charge in [-0.25, -0.2) is 4.98 Å². The zero-order valence-electron chi connectivity index (χ0n) is 14.5. The van der Waals surface area contributed by atoms with Crippen LogP contribution < -0.4 is 4.74 Å². The van der Waals surface area contributed by atoms with Crippen LogP contribution in [0.5, 0.6) is 5.75 Å². The summed E-state index contributed by atoms with van der Waals surface area (Å²) in [5, 5.41) is 5.39. The summed E-state index contributed by atoms with van der Waals surface area (Å²) in [6.07, 6.45) is 10.0. The van der Waals surface area contributed by atoms with Crippen molar-refractivity contribution in [1.82, 2.24) is 24.6 Å². The first kappa shape index (κ1) is 15.9. The molecule has 0 radical (unpaired) electrons. The van der Waals surface area contributed by atoms with Crippen LogP contribution in [0.15, 0.2) is 43.1 Å². The number of hydrogen-bond acceptors (Lipinski definition) is 4. The third-order valence-electron chi connectivity index (χ3n) is 4.86. The first-order valence-electron chi connectivity index (χ1n) is 8.73. The molecule has 4 rings (SSSR count). The number of nitrogens with zero attached hydrogens (tertiary/aromatic N) is 4. The number of nitrogens with one attached hydrogen (secondary N) is 1. The van der Waals surface area contributed by atoms with Gasteiger partial charge in [-0.3, -0.25) is 9.58 Å². The summed E-state index contributed by atoms with van der Waals surface area (Å²) < 4.78 is 7.27. The molecule has 0 unspecified atom stereocenters. The highest BCUT2D eigenvalue weighted by molar-refractivity contribution is 5.93. The van der Waals surface area contributed by atoms with Gasteiger partial charge in [-0.15, -0.1) is 0 Å². The molecule has 0 fully saturated rings. The van der Waals surface area contributed by atoms with Crippen molar-refractivity contribution in [3.05, 3.63) is 48.7 Å². The van der Waals surface area contributed by atoms with E-state index < -0.39 is 0 Å². The van der Waals surface area contributed by atoms with Gasteiger partial charge in [-0.1, -0.05) is 6.08 Å². The SMILES string of the molecule is COc1ccc2[nH]cc(C3=CCN(CCCn4cncn4)CC3)c2c1. The number of aromatic nitrogens is 4. The molecule has 0 aliphatic carbocycles. The Hall–Kier alpha value is -2.60. The third-order valence-corrected chi connectivity index (χ3v) is 4.86. The molecular formula is C19H23N5O. The summed E-state index contributed by atoms with van der Waals surface area (Å²) >= 11 is 0. The van der Waals surface area contributed by atoms with Crippen LogP contribution in [0, 0.1) is 0 Å². The van der Waals surface area contributed by atoms with Gasteiger partial charge >= 0.3 is 0 Å². The molecule has 6 heteroatoms. The summed E-state index contributed by atoms with van der Waals surface area (Å²) in [5.41, 5.74) is 3.88. The van der Waals surface area contributed by atoms with E-state index in [9.17, 15) is 0 Å². The van der Waals surface area contributed by atoms with Gasteiger partial charge in [-0.05, 0) is 36.6 Å². The lowest BCUT2D eigenvalue weighted by atomic mass is 9.98. The highest BCUT2D eigenvalue weighted by Crippen LogP contribution is 2.31. The zero-order valence-corrected chi connectivity index (χ0v) is 14.5. The Kier molecular flexibility index (Phi) is 4.52. The molecule has 3 heterocycles. The fourth-order valence-corrected chi connectivity index (χ4v) is 3.46. The minimum Gasteiger partial charge on any atom is -0.497 e. The lowest BCUT2D eigenvalue weighted by Gasteiger charge is -2.26. The number of methoxy groups -OCH3 is 1. The average molecular weight is 337 g/mol. The summed E-state index contributed by atoms with van der Waals surface area (Å²) in [4.78, 5) is 9.85. The maximum atomic E-state index is 5.37. The van der Waals surface area contributed by atoms with Gasteiger partial charge in [0, 0.05) is 48.8 Å². The highest BCUT2D eigenvalue weighted by Gasteiger charge is 2.15. The summed E-state index contributed by atoms with van der Waals surface area (Å²) in [5.74, 6) is 0.902. The summed E-state index contributed by atoms with van der Waals surface area (Å²) in [7, 11) is 1.71. The van der Waals surface area contributed by atoms with Crippen molar-refractivity contribution in [2.75, 3.05) is 26.7 Å². The minimum atomic E-state index is 0.902. The predicted molar refractivity (Wildman–Crippen MR) is 98.5 cm³/mol. The first-order chi connectivity index (χ1) is 12.3. The van der Waals surface area contributed by atoms with E-state index in [1.807, 2.05) is 10.7 Å². The van der Waals surface area contributed by atoms with E-state index in [1.54, 1.807) is 19.8 Å². The minimum absolute atomic E-state index is 0.902. The Morgan fingerprint density at radius 1 is 1.28 bits per heavy atom. The Bertz CT molecular complexity index is 865. The van der Waals surface area contributed by atoms with Crippen LogP contribution in [0.4, 0.5) is 0 Å². The standard InChI is InChI=1S/C19H23N5O/c1-25-16-3-4-19-17(11-16)18(12-21-19)15-5-9-23(10-6-15)7-2-8-24-14-20-13-22-24/h3-5,11-14,21H,2,6-10H2,1H3. The first-order valence-corrected chi connectivity index (χ1v) is 8.73. The largest absolute Gasteiger partial charge is 0.497 e. The van der Waals surface area contributed by atoms with Crippen LogP contribution in [-0.4, -0.2) is 51.4 Å². The van der Waals surface area contributed by atoms with Gasteiger partial charge in [0.2, 0.25) is 0 Å². The van der Waals surface area contributed by atoms with Gasteiger partial charge in [0.15, 0.2) is 0 Å². The van der Waals surface area contributed by atoms with Crippen molar-refractivity contribution in [2.24, 2.45) is 0 Å². The van der Waals surface area contributed by atoms with Crippen LogP contribution in [0.25, 0.3) is 16.5 Å². The second kappa shape index (κ2) is 7.11. The lowest BCUT2D eigenvalue weighted by Crippen LogP contribution is -2.30. The van der Waals surface area contributed by atoms with Gasteiger partial charge in [0.25, 0.3) is 0 Å². The maximum absolute atomic E-state index is 5.37. The van der Waals surface area contributed by atoms with E-state index in [1.165, 1.54) is 16.5 Å². The second-order valence-corrected chi connectivity index (χ2v) is 6.41. The molecule has 1 aliphatic heterocycles. The molecular weight excluding hydrogens is 314 g/mol. The molecule has 6 nitrogen and oxygen atoms in total. The number of H-pyrrole nitrogens is 1. The Morgan fingerprint density at radius 3 is 3.00 bits per heavy atom. The molecule has 0 spiro atoms. The van der Waals surface area contributed by atoms with Crippen molar-refractivity contribution in [1.29, 1.82) is 0 Å². The molecule has 0 amide bonds. The molecule has 0 bridgehead atoms. The quantitative estimate of drug-likeness (QED) is 0.751. The Balaban J connectivity index is 1.40. The van der Waals surface area contributed by atoms with Crippen molar-refractivity contribution < 1.29 is 4.74 Å². The van der Waals surface area contributed by atoms with Crippen LogP contribution in [0.1, 0.15) is 18.4 Å². The molecule has 1 N–H and O–H groups in total. The van der Waals surface area contributed by atoms with Crippen LogP contribution in [-0.2, 0) is 6.54 Å². The molecule has 0 saturated carbocycles. The van der Waals surface area contributed by atoms with E-state index >= 15 is 0 Å². The molecule has 2 aromatic heterocycles. The monoisotopic (exact) mass is 337 g/mol. The normalized spacial score (nSPS) is 15.5. The predicted octanol–water partition coefficient (Wildman–Crippen LogP) is 2.95. The van der Waals surface area contributed by atoms with Crippen LogP contribution >= 0.6 is 0 Å². The number of ether oxygens (including phenoxy) is 1. The number of benzene rings is 1. The topological polar surface area (TPSA) is 59.0 Å². The van der Waals surface area contributed by atoms with Crippen LogP contribution in [0.3, 0.4) is 0 Å². The van der Waals surface area contributed by atoms with E-state index in [0.29, 0.717) is 0 Å². The van der Waals surface area contributed by atoms with Crippen LogP contribution in [0.2, 0.25) is 0 Å². The fraction of sp³-hybridized carbons (Fsp3) is 0.368. The smallest absolute Gasteiger partial charge is 0.137 e. The van der Waals surface area contributed by atoms with E-state index in [4.69, 9.17) is 4.74 Å². The van der Waals surface area contributed by atoms with Crippen molar-refractivity contribution in [3.63, 3.8) is 0 Å². The summed E-state index contributed by atoms with van der Waals surface area (Å²) in [6.45, 7) is 4.11. The Morgan fingerprint density at radius 2 is 2.24 bits per heavy atom.